The molecule has 0 spiro atoms. The van der Waals surface area contributed by atoms with Crippen LogP contribution in [0.15, 0.2) is 24.3 Å². The average molecular weight is 279 g/mol. The summed E-state index contributed by atoms with van der Waals surface area (Å²) in [6.45, 7) is 2.05. The second-order valence-electron chi connectivity index (χ2n) is 4.44. The van der Waals surface area contributed by atoms with Gasteiger partial charge in [-0.1, -0.05) is 25.8 Å². The molecule has 0 saturated heterocycles. The van der Waals surface area contributed by atoms with Gasteiger partial charge in [0.15, 0.2) is 0 Å². The number of nitrogens with two attached hydrogens (primary N) is 1. The second-order valence-corrected chi connectivity index (χ2v) is 4.44. The van der Waals surface area contributed by atoms with E-state index in [-0.39, 0.29) is 5.91 Å². The predicted molar refractivity (Wildman–Crippen MR) is 78.6 cm³/mol. The maximum atomic E-state index is 11.9. The largest absolute Gasteiger partial charge is 0.453 e. The van der Waals surface area contributed by atoms with Gasteiger partial charge >= 0.3 is 6.09 Å². The van der Waals surface area contributed by atoms with Crippen LogP contribution in [0.4, 0.5) is 16.2 Å². The number of carbonyl (C=O) groups excluding carboxylic acids is 2. The summed E-state index contributed by atoms with van der Waals surface area (Å²) in [5, 5.41) is 5.25. The molecule has 1 atom stereocenters. The Balaban J connectivity index is 2.61. The van der Waals surface area contributed by atoms with Gasteiger partial charge in [-0.25, -0.2) is 4.79 Å². The molecule has 0 aliphatic rings. The van der Waals surface area contributed by atoms with E-state index < -0.39 is 12.1 Å². The van der Waals surface area contributed by atoms with Crippen molar-refractivity contribution in [2.24, 2.45) is 5.73 Å². The van der Waals surface area contributed by atoms with Crippen LogP contribution in [0.25, 0.3) is 0 Å². The summed E-state index contributed by atoms with van der Waals surface area (Å²) in [5.74, 6) is -0.228. The van der Waals surface area contributed by atoms with Crippen molar-refractivity contribution in [1.82, 2.24) is 0 Å². The molecule has 1 aromatic rings. The monoisotopic (exact) mass is 279 g/mol. The molecule has 1 rings (SSSR count). The van der Waals surface area contributed by atoms with Crippen molar-refractivity contribution in [3.63, 3.8) is 0 Å². The van der Waals surface area contributed by atoms with Crippen molar-refractivity contribution in [3.05, 3.63) is 24.3 Å². The number of benzene rings is 1. The summed E-state index contributed by atoms with van der Waals surface area (Å²) in [6, 6.07) is 6.27. The molecule has 4 N–H and O–H groups in total. The van der Waals surface area contributed by atoms with Crippen molar-refractivity contribution in [2.75, 3.05) is 17.7 Å². The number of rotatable bonds is 6. The maximum Gasteiger partial charge on any atom is 0.411 e. The van der Waals surface area contributed by atoms with E-state index in [1.165, 1.54) is 7.11 Å². The highest BCUT2D eigenvalue weighted by atomic mass is 16.5. The fraction of sp³-hybridized carbons (Fsp3) is 0.429. The lowest BCUT2D eigenvalue weighted by atomic mass is 10.1. The molecule has 0 fully saturated rings. The van der Waals surface area contributed by atoms with Gasteiger partial charge in [-0.2, -0.15) is 0 Å². The number of ether oxygens (including phenoxy) is 1. The number of nitrogens with one attached hydrogen (secondary N) is 2. The highest BCUT2D eigenvalue weighted by Crippen LogP contribution is 2.15. The maximum absolute atomic E-state index is 11.9. The molecule has 0 aromatic heterocycles. The minimum absolute atomic E-state index is 0.228. The standard InChI is InChI=1S/C14H21N3O3/c1-3-4-8-12(15)13(18)16-10-6-5-7-11(9-10)17-14(19)20-2/h5-7,9,12H,3-4,8,15H2,1-2H3,(H,16,18)(H,17,19)/t12-/m0/s1. The van der Waals surface area contributed by atoms with Gasteiger partial charge in [0.2, 0.25) is 5.91 Å². The van der Waals surface area contributed by atoms with Crippen LogP contribution in [0.1, 0.15) is 26.2 Å². The van der Waals surface area contributed by atoms with Crippen LogP contribution in [0.3, 0.4) is 0 Å². The van der Waals surface area contributed by atoms with Gasteiger partial charge in [0, 0.05) is 11.4 Å². The van der Waals surface area contributed by atoms with E-state index in [0.717, 1.165) is 12.8 Å². The molecule has 0 heterocycles. The number of hydrogen-bond donors (Lipinski definition) is 3. The van der Waals surface area contributed by atoms with E-state index in [9.17, 15) is 9.59 Å². The topological polar surface area (TPSA) is 93.5 Å². The van der Waals surface area contributed by atoms with Crippen LogP contribution in [0, 0.1) is 0 Å². The number of carbonyl (C=O) groups is 2. The van der Waals surface area contributed by atoms with Crippen LogP contribution in [-0.2, 0) is 9.53 Å². The number of hydrogen-bond acceptors (Lipinski definition) is 4. The third-order valence-corrected chi connectivity index (χ3v) is 2.77. The van der Waals surface area contributed by atoms with E-state index in [0.29, 0.717) is 17.8 Å². The molecule has 0 aliphatic heterocycles. The molecule has 110 valence electrons. The van der Waals surface area contributed by atoms with Gasteiger partial charge in [0.25, 0.3) is 0 Å². The molecule has 0 unspecified atom stereocenters. The Bertz CT molecular complexity index is 463. The smallest absolute Gasteiger partial charge is 0.411 e. The molecule has 0 saturated carbocycles. The first-order valence-electron chi connectivity index (χ1n) is 6.58. The Morgan fingerprint density at radius 3 is 2.55 bits per heavy atom. The highest BCUT2D eigenvalue weighted by Gasteiger charge is 2.13. The van der Waals surface area contributed by atoms with Crippen LogP contribution < -0.4 is 16.4 Å². The Morgan fingerprint density at radius 1 is 1.30 bits per heavy atom. The van der Waals surface area contributed by atoms with Gasteiger partial charge in [-0.05, 0) is 24.6 Å². The lowest BCUT2D eigenvalue weighted by molar-refractivity contribution is -0.117. The quantitative estimate of drug-likeness (QED) is 0.745. The van der Waals surface area contributed by atoms with Crippen LogP contribution >= 0.6 is 0 Å². The van der Waals surface area contributed by atoms with Crippen LogP contribution in [0.2, 0.25) is 0 Å². The third-order valence-electron chi connectivity index (χ3n) is 2.77. The molecule has 0 aliphatic carbocycles. The molecule has 6 nitrogen and oxygen atoms in total. The van der Waals surface area contributed by atoms with Crippen molar-refractivity contribution in [1.29, 1.82) is 0 Å². The molecule has 1 aromatic carbocycles. The van der Waals surface area contributed by atoms with Gasteiger partial charge in [0.1, 0.15) is 0 Å². The summed E-state index contributed by atoms with van der Waals surface area (Å²) in [4.78, 5) is 23.0. The summed E-state index contributed by atoms with van der Waals surface area (Å²) >= 11 is 0. The number of anilines is 2. The first-order valence-corrected chi connectivity index (χ1v) is 6.58. The summed E-state index contributed by atoms with van der Waals surface area (Å²) in [7, 11) is 1.29. The van der Waals surface area contributed by atoms with E-state index in [1.54, 1.807) is 24.3 Å². The first-order chi connectivity index (χ1) is 9.56. The molecule has 20 heavy (non-hydrogen) atoms. The molecular weight excluding hydrogens is 258 g/mol. The predicted octanol–water partition coefficient (Wildman–Crippen LogP) is 2.32. The van der Waals surface area contributed by atoms with Crippen molar-refractivity contribution in [3.8, 4) is 0 Å². The van der Waals surface area contributed by atoms with E-state index in [1.807, 2.05) is 6.92 Å². The molecular formula is C14H21N3O3. The summed E-state index contributed by atoms with van der Waals surface area (Å²) < 4.78 is 4.50. The Hall–Kier alpha value is -2.08. The summed E-state index contributed by atoms with van der Waals surface area (Å²) in [5.41, 5.74) is 6.91. The molecule has 2 amide bonds. The van der Waals surface area contributed by atoms with E-state index >= 15 is 0 Å². The van der Waals surface area contributed by atoms with Gasteiger partial charge in [0.05, 0.1) is 13.2 Å². The minimum atomic E-state index is -0.562. The number of methoxy groups -OCH3 is 1. The zero-order valence-corrected chi connectivity index (χ0v) is 11.8. The highest BCUT2D eigenvalue weighted by molar-refractivity contribution is 5.95. The third kappa shape index (κ3) is 5.27. The average Bonchev–Trinajstić information content (AvgIpc) is 2.44. The van der Waals surface area contributed by atoms with Crippen LogP contribution in [-0.4, -0.2) is 25.2 Å². The fourth-order valence-electron chi connectivity index (χ4n) is 1.63. The second kappa shape index (κ2) is 8.16. The van der Waals surface area contributed by atoms with Crippen molar-refractivity contribution < 1.29 is 14.3 Å². The Labute approximate surface area is 118 Å². The van der Waals surface area contributed by atoms with E-state index in [4.69, 9.17) is 5.73 Å². The molecule has 6 heteroatoms. The zero-order chi connectivity index (χ0) is 15.0. The zero-order valence-electron chi connectivity index (χ0n) is 11.8. The van der Waals surface area contributed by atoms with Gasteiger partial charge in [-0.3, -0.25) is 10.1 Å². The Kier molecular flexibility index (Phi) is 6.52. The van der Waals surface area contributed by atoms with E-state index in [2.05, 4.69) is 15.4 Å². The Morgan fingerprint density at radius 2 is 1.95 bits per heavy atom. The first kappa shape index (κ1) is 16.0. The molecule has 0 radical (unpaired) electrons. The SMILES string of the molecule is CCCC[C@H](N)C(=O)Nc1cccc(NC(=O)OC)c1. The van der Waals surface area contributed by atoms with Crippen molar-refractivity contribution >= 4 is 23.4 Å². The number of unbranched alkanes of at least 4 members (excludes halogenated alkanes) is 1. The fourth-order valence-corrected chi connectivity index (χ4v) is 1.63. The lowest BCUT2D eigenvalue weighted by Crippen LogP contribution is -2.35. The number of amides is 2. The van der Waals surface area contributed by atoms with Crippen LogP contribution in [0.5, 0.6) is 0 Å². The van der Waals surface area contributed by atoms with Crippen molar-refractivity contribution in [2.45, 2.75) is 32.2 Å². The van der Waals surface area contributed by atoms with Gasteiger partial charge < -0.3 is 15.8 Å². The molecule has 0 bridgehead atoms. The van der Waals surface area contributed by atoms with Gasteiger partial charge in [-0.15, -0.1) is 0 Å². The normalized spacial score (nSPS) is 11.6. The lowest BCUT2D eigenvalue weighted by Gasteiger charge is -2.12. The summed E-state index contributed by atoms with van der Waals surface area (Å²) in [6.07, 6.45) is 2.01. The minimum Gasteiger partial charge on any atom is -0.453 e.